The molecule has 1 atom stereocenters. The van der Waals surface area contributed by atoms with E-state index in [0.717, 1.165) is 23.3 Å². The topological polar surface area (TPSA) is 67.2 Å². The lowest BCUT2D eigenvalue weighted by atomic mass is 10.0. The Hall–Kier alpha value is -2.37. The SMILES string of the molecule is Cc1nc2cc(NC(=O)C(C(C)C)N3CCCC3=O)ccc2n1C. The van der Waals surface area contributed by atoms with Crippen LogP contribution in [0.4, 0.5) is 5.69 Å². The molecule has 2 amide bonds. The van der Waals surface area contributed by atoms with Crippen molar-refractivity contribution in [2.75, 3.05) is 11.9 Å². The minimum absolute atomic E-state index is 0.0628. The second kappa shape index (κ2) is 6.26. The molecule has 1 N–H and O–H groups in total. The van der Waals surface area contributed by atoms with Gasteiger partial charge in [-0.05, 0) is 37.5 Å². The van der Waals surface area contributed by atoms with Crippen molar-refractivity contribution in [3.63, 3.8) is 0 Å². The zero-order valence-electron chi connectivity index (χ0n) is 14.7. The number of imidazole rings is 1. The van der Waals surface area contributed by atoms with E-state index in [2.05, 4.69) is 10.3 Å². The van der Waals surface area contributed by atoms with Gasteiger partial charge in [-0.2, -0.15) is 0 Å². The average molecular weight is 328 g/mol. The summed E-state index contributed by atoms with van der Waals surface area (Å²) in [5, 5.41) is 2.96. The highest BCUT2D eigenvalue weighted by Crippen LogP contribution is 2.23. The summed E-state index contributed by atoms with van der Waals surface area (Å²) in [6, 6.07) is 5.28. The van der Waals surface area contributed by atoms with Crippen molar-refractivity contribution in [3.05, 3.63) is 24.0 Å². The van der Waals surface area contributed by atoms with Crippen molar-refractivity contribution < 1.29 is 9.59 Å². The van der Waals surface area contributed by atoms with E-state index < -0.39 is 6.04 Å². The number of nitrogens with zero attached hydrogens (tertiary/aromatic N) is 3. The monoisotopic (exact) mass is 328 g/mol. The zero-order chi connectivity index (χ0) is 17.4. The summed E-state index contributed by atoms with van der Waals surface area (Å²) in [5.41, 5.74) is 2.59. The summed E-state index contributed by atoms with van der Waals surface area (Å²) in [6.07, 6.45) is 1.37. The Kier molecular flexibility index (Phi) is 4.30. The van der Waals surface area contributed by atoms with E-state index in [1.54, 1.807) is 4.90 Å². The molecule has 3 rings (SSSR count). The van der Waals surface area contributed by atoms with Crippen LogP contribution in [0.2, 0.25) is 0 Å². The molecule has 6 heteroatoms. The molecule has 2 aromatic rings. The molecule has 1 saturated heterocycles. The zero-order valence-corrected chi connectivity index (χ0v) is 14.7. The van der Waals surface area contributed by atoms with Crippen LogP contribution in [0, 0.1) is 12.8 Å². The van der Waals surface area contributed by atoms with Crippen LogP contribution < -0.4 is 5.32 Å². The number of aryl methyl sites for hydroxylation is 2. The van der Waals surface area contributed by atoms with Crippen LogP contribution in [0.3, 0.4) is 0 Å². The summed E-state index contributed by atoms with van der Waals surface area (Å²) in [7, 11) is 1.97. The van der Waals surface area contributed by atoms with E-state index in [0.29, 0.717) is 18.7 Å². The highest BCUT2D eigenvalue weighted by atomic mass is 16.2. The van der Waals surface area contributed by atoms with Gasteiger partial charge in [-0.25, -0.2) is 4.98 Å². The number of rotatable bonds is 4. The maximum absolute atomic E-state index is 12.8. The van der Waals surface area contributed by atoms with E-state index in [-0.39, 0.29) is 17.7 Å². The van der Waals surface area contributed by atoms with E-state index in [4.69, 9.17) is 0 Å². The van der Waals surface area contributed by atoms with E-state index in [9.17, 15) is 9.59 Å². The fraction of sp³-hybridized carbons (Fsp3) is 0.500. The number of hydrogen-bond donors (Lipinski definition) is 1. The fourth-order valence-corrected chi connectivity index (χ4v) is 3.38. The third-order valence-electron chi connectivity index (χ3n) is 4.72. The summed E-state index contributed by atoms with van der Waals surface area (Å²) >= 11 is 0. The van der Waals surface area contributed by atoms with Gasteiger partial charge in [-0.1, -0.05) is 13.8 Å². The molecule has 0 radical (unpaired) electrons. The molecule has 0 saturated carbocycles. The van der Waals surface area contributed by atoms with Gasteiger partial charge >= 0.3 is 0 Å². The molecule has 1 fully saturated rings. The molecule has 0 aliphatic carbocycles. The summed E-state index contributed by atoms with van der Waals surface area (Å²) in [4.78, 5) is 31.0. The number of likely N-dealkylation sites (tertiary alicyclic amines) is 1. The maximum Gasteiger partial charge on any atom is 0.247 e. The van der Waals surface area contributed by atoms with Crippen LogP contribution in [0.1, 0.15) is 32.5 Å². The smallest absolute Gasteiger partial charge is 0.247 e. The third-order valence-corrected chi connectivity index (χ3v) is 4.72. The average Bonchev–Trinajstić information content (AvgIpc) is 3.04. The predicted molar refractivity (Wildman–Crippen MR) is 93.7 cm³/mol. The van der Waals surface area contributed by atoms with Crippen molar-refractivity contribution >= 4 is 28.5 Å². The minimum atomic E-state index is -0.429. The number of aromatic nitrogens is 2. The quantitative estimate of drug-likeness (QED) is 0.937. The second-order valence-corrected chi connectivity index (χ2v) is 6.79. The van der Waals surface area contributed by atoms with Crippen molar-refractivity contribution in [2.24, 2.45) is 13.0 Å². The molecule has 128 valence electrons. The standard InChI is InChI=1S/C18H24N4O2/c1-11(2)17(22-9-5-6-16(22)23)18(24)20-13-7-8-15-14(10-13)19-12(3)21(15)4/h7-8,10-11,17H,5-6,9H2,1-4H3,(H,20,24). The van der Waals surface area contributed by atoms with Gasteiger partial charge in [-0.15, -0.1) is 0 Å². The molecule has 2 heterocycles. The lowest BCUT2D eigenvalue weighted by Gasteiger charge is -2.29. The Balaban J connectivity index is 1.83. The molecular weight excluding hydrogens is 304 g/mol. The maximum atomic E-state index is 12.8. The van der Waals surface area contributed by atoms with Crippen molar-refractivity contribution in [1.29, 1.82) is 0 Å². The van der Waals surface area contributed by atoms with Crippen LogP contribution >= 0.6 is 0 Å². The van der Waals surface area contributed by atoms with Crippen LogP contribution in [-0.4, -0.2) is 38.9 Å². The van der Waals surface area contributed by atoms with Gasteiger partial charge in [0.05, 0.1) is 11.0 Å². The highest BCUT2D eigenvalue weighted by molar-refractivity contribution is 5.98. The number of nitrogens with one attached hydrogen (secondary N) is 1. The molecule has 1 unspecified atom stereocenters. The summed E-state index contributed by atoms with van der Waals surface area (Å²) in [5.74, 6) is 0.927. The lowest BCUT2D eigenvalue weighted by molar-refractivity contribution is -0.136. The Morgan fingerprint density at radius 2 is 2.08 bits per heavy atom. The first-order chi connectivity index (χ1) is 11.4. The van der Waals surface area contributed by atoms with Gasteiger partial charge in [0.2, 0.25) is 11.8 Å². The number of carbonyl (C=O) groups excluding carboxylic acids is 2. The molecule has 1 aliphatic rings. The normalized spacial score (nSPS) is 16.2. The molecule has 6 nitrogen and oxygen atoms in total. The minimum Gasteiger partial charge on any atom is -0.331 e. The second-order valence-electron chi connectivity index (χ2n) is 6.79. The van der Waals surface area contributed by atoms with Gasteiger partial charge in [0, 0.05) is 25.7 Å². The van der Waals surface area contributed by atoms with Gasteiger partial charge in [0.25, 0.3) is 0 Å². The van der Waals surface area contributed by atoms with E-state index in [1.165, 1.54) is 0 Å². The van der Waals surface area contributed by atoms with Gasteiger partial charge < -0.3 is 14.8 Å². The number of benzene rings is 1. The summed E-state index contributed by atoms with van der Waals surface area (Å²) in [6.45, 7) is 6.56. The van der Waals surface area contributed by atoms with Crippen molar-refractivity contribution in [2.45, 2.75) is 39.7 Å². The fourth-order valence-electron chi connectivity index (χ4n) is 3.38. The van der Waals surface area contributed by atoms with Crippen LogP contribution in [0.5, 0.6) is 0 Å². The Labute approximate surface area is 141 Å². The molecule has 0 spiro atoms. The molecule has 0 bridgehead atoms. The van der Waals surface area contributed by atoms with E-state index >= 15 is 0 Å². The van der Waals surface area contributed by atoms with Crippen LogP contribution in [0.15, 0.2) is 18.2 Å². The number of fused-ring (bicyclic) bond motifs is 1. The van der Waals surface area contributed by atoms with Crippen LogP contribution in [-0.2, 0) is 16.6 Å². The van der Waals surface area contributed by atoms with E-state index in [1.807, 2.05) is 50.6 Å². The van der Waals surface area contributed by atoms with Crippen LogP contribution in [0.25, 0.3) is 11.0 Å². The van der Waals surface area contributed by atoms with Gasteiger partial charge in [0.1, 0.15) is 11.9 Å². The molecule has 24 heavy (non-hydrogen) atoms. The Bertz CT molecular complexity index is 794. The molecular formula is C18H24N4O2. The first-order valence-corrected chi connectivity index (χ1v) is 8.42. The lowest BCUT2D eigenvalue weighted by Crippen LogP contribution is -2.47. The number of amides is 2. The Morgan fingerprint density at radius 3 is 2.71 bits per heavy atom. The number of anilines is 1. The largest absolute Gasteiger partial charge is 0.331 e. The van der Waals surface area contributed by atoms with Gasteiger partial charge in [0.15, 0.2) is 0 Å². The first kappa shape index (κ1) is 16.5. The molecule has 1 aromatic heterocycles. The summed E-state index contributed by atoms with van der Waals surface area (Å²) < 4.78 is 2.01. The van der Waals surface area contributed by atoms with Crippen molar-refractivity contribution in [3.8, 4) is 0 Å². The Morgan fingerprint density at radius 1 is 1.33 bits per heavy atom. The predicted octanol–water partition coefficient (Wildman–Crippen LogP) is 2.47. The first-order valence-electron chi connectivity index (χ1n) is 8.42. The number of carbonyl (C=O) groups is 2. The van der Waals surface area contributed by atoms with Gasteiger partial charge in [-0.3, -0.25) is 9.59 Å². The number of hydrogen-bond acceptors (Lipinski definition) is 3. The molecule has 1 aliphatic heterocycles. The highest BCUT2D eigenvalue weighted by Gasteiger charge is 2.34. The third kappa shape index (κ3) is 2.88. The molecule has 1 aromatic carbocycles. The van der Waals surface area contributed by atoms with Crippen molar-refractivity contribution in [1.82, 2.24) is 14.5 Å².